The van der Waals surface area contributed by atoms with E-state index in [2.05, 4.69) is 22.0 Å². The fourth-order valence-corrected chi connectivity index (χ4v) is 2.62. The number of nitrogens with zero attached hydrogens (tertiary/aromatic N) is 1. The van der Waals surface area contributed by atoms with Crippen molar-refractivity contribution in [2.75, 3.05) is 13.1 Å². The third kappa shape index (κ3) is 2.50. The zero-order valence-electron chi connectivity index (χ0n) is 10.6. The van der Waals surface area contributed by atoms with Crippen LogP contribution in [0.5, 0.6) is 5.75 Å². The van der Waals surface area contributed by atoms with Crippen molar-refractivity contribution in [2.45, 2.75) is 12.8 Å². The second-order valence-electron chi connectivity index (χ2n) is 5.02. The Morgan fingerprint density at radius 2 is 2.11 bits per heavy atom. The molecule has 3 heterocycles. The number of allylic oxidation sites excluding steroid dienone is 1. The lowest BCUT2D eigenvalue weighted by atomic mass is 9.90. The lowest BCUT2D eigenvalue weighted by Gasteiger charge is -2.39. The molecular weight excluding hydrogens is 242 g/mol. The first-order valence-corrected chi connectivity index (χ1v) is 6.53. The van der Waals surface area contributed by atoms with Crippen molar-refractivity contribution < 1.29 is 9.90 Å². The van der Waals surface area contributed by atoms with E-state index in [-0.39, 0.29) is 11.7 Å². The Kier molecular flexibility index (Phi) is 3.03. The van der Waals surface area contributed by atoms with Gasteiger partial charge in [0.2, 0.25) is 0 Å². The van der Waals surface area contributed by atoms with Crippen molar-refractivity contribution >= 4 is 5.91 Å². The van der Waals surface area contributed by atoms with Gasteiger partial charge in [-0.05, 0) is 31.0 Å². The summed E-state index contributed by atoms with van der Waals surface area (Å²) in [6.45, 7) is 2.21. The monoisotopic (exact) mass is 259 g/mol. The van der Waals surface area contributed by atoms with E-state index >= 15 is 0 Å². The Balaban J connectivity index is 1.62. The van der Waals surface area contributed by atoms with Crippen LogP contribution >= 0.6 is 0 Å². The molecule has 1 fully saturated rings. The summed E-state index contributed by atoms with van der Waals surface area (Å²) in [5, 5.41) is 9.35. The quantitative estimate of drug-likeness (QED) is 0.714. The highest BCUT2D eigenvalue weighted by Gasteiger charge is 2.27. The fourth-order valence-electron chi connectivity index (χ4n) is 2.62. The number of carbonyl (C=O) groups is 1. The summed E-state index contributed by atoms with van der Waals surface area (Å²) < 4.78 is 0. The van der Waals surface area contributed by atoms with Gasteiger partial charge in [0.15, 0.2) is 0 Å². The molecule has 0 spiro atoms. The first-order valence-electron chi connectivity index (χ1n) is 6.53. The van der Waals surface area contributed by atoms with Gasteiger partial charge in [0, 0.05) is 30.8 Å². The number of hydrogen-bond acceptors (Lipinski definition) is 4. The zero-order chi connectivity index (χ0) is 13.2. The minimum Gasteiger partial charge on any atom is -0.508 e. The van der Waals surface area contributed by atoms with E-state index in [0.717, 1.165) is 31.6 Å². The second kappa shape index (κ2) is 4.84. The highest BCUT2D eigenvalue weighted by molar-refractivity contribution is 5.94. The van der Waals surface area contributed by atoms with Crippen LogP contribution < -0.4 is 10.9 Å². The first kappa shape index (κ1) is 11.9. The topological polar surface area (TPSA) is 64.6 Å². The van der Waals surface area contributed by atoms with Crippen molar-refractivity contribution in [3.05, 3.63) is 41.7 Å². The summed E-state index contributed by atoms with van der Waals surface area (Å²) >= 11 is 0. The average Bonchev–Trinajstić information content (AvgIpc) is 2.46. The van der Waals surface area contributed by atoms with Crippen LogP contribution in [0.4, 0.5) is 0 Å². The lowest BCUT2D eigenvalue weighted by molar-refractivity contribution is 0.0931. The largest absolute Gasteiger partial charge is 0.508 e. The maximum absolute atomic E-state index is 11.9. The fraction of sp³-hybridized carbons (Fsp3) is 0.357. The minimum atomic E-state index is -0.242. The number of hydrazine groups is 1. The average molecular weight is 259 g/mol. The molecule has 5 nitrogen and oxygen atoms in total. The molecule has 0 aliphatic carbocycles. The van der Waals surface area contributed by atoms with Crippen molar-refractivity contribution in [1.29, 1.82) is 0 Å². The molecule has 3 aliphatic heterocycles. The molecule has 3 N–H and O–H groups in total. The number of piperidine rings is 1. The van der Waals surface area contributed by atoms with Gasteiger partial charge in [0.05, 0.1) is 5.70 Å². The number of hydrogen-bond donors (Lipinski definition) is 3. The SMILES string of the molecule is O=C(NNC1=CN2CCC1CC2)c1cccc(O)c1. The van der Waals surface area contributed by atoms with E-state index < -0.39 is 0 Å². The molecular formula is C14H17N3O2. The lowest BCUT2D eigenvalue weighted by Crippen LogP contribution is -2.45. The summed E-state index contributed by atoms with van der Waals surface area (Å²) in [7, 11) is 0. The van der Waals surface area contributed by atoms with Crippen molar-refractivity contribution in [1.82, 2.24) is 15.8 Å². The Hall–Kier alpha value is -2.17. The van der Waals surface area contributed by atoms with Crippen LogP contribution in [0.2, 0.25) is 0 Å². The molecule has 0 saturated carbocycles. The summed E-state index contributed by atoms with van der Waals surface area (Å²) in [5.41, 5.74) is 7.21. The van der Waals surface area contributed by atoms with Gasteiger partial charge in [-0.3, -0.25) is 10.2 Å². The van der Waals surface area contributed by atoms with E-state index in [1.165, 1.54) is 6.07 Å². The van der Waals surface area contributed by atoms with Crippen LogP contribution in [0, 0.1) is 5.92 Å². The van der Waals surface area contributed by atoms with Gasteiger partial charge in [-0.15, -0.1) is 0 Å². The van der Waals surface area contributed by atoms with E-state index in [0.29, 0.717) is 11.5 Å². The second-order valence-corrected chi connectivity index (χ2v) is 5.02. The highest BCUT2D eigenvalue weighted by atomic mass is 16.3. The molecule has 1 amide bonds. The Labute approximate surface area is 111 Å². The van der Waals surface area contributed by atoms with E-state index in [4.69, 9.17) is 0 Å². The maximum Gasteiger partial charge on any atom is 0.269 e. The normalized spacial score (nSPS) is 18.1. The molecule has 3 aliphatic rings. The van der Waals surface area contributed by atoms with Crippen LogP contribution in [-0.2, 0) is 0 Å². The molecule has 5 heteroatoms. The number of nitrogens with one attached hydrogen (secondary N) is 2. The van der Waals surface area contributed by atoms with E-state index in [1.54, 1.807) is 18.2 Å². The maximum atomic E-state index is 11.9. The molecule has 0 radical (unpaired) electrons. The standard InChI is InChI=1S/C14H17N3O2/c18-12-3-1-2-11(8-12)14(19)16-15-13-9-17-6-4-10(13)5-7-17/h1-3,8-10,15,18H,4-7H2,(H,16,19). The number of carbonyl (C=O) groups excluding carboxylic acids is 1. The zero-order valence-corrected chi connectivity index (χ0v) is 10.6. The molecule has 4 rings (SSSR count). The molecule has 100 valence electrons. The van der Waals surface area contributed by atoms with Gasteiger partial charge in [-0.1, -0.05) is 6.07 Å². The third-order valence-corrected chi connectivity index (χ3v) is 3.72. The summed E-state index contributed by atoms with van der Waals surface area (Å²) in [6.07, 6.45) is 4.36. The number of fused-ring (bicyclic) bond motifs is 2. The molecule has 19 heavy (non-hydrogen) atoms. The number of aromatic hydroxyl groups is 1. The van der Waals surface area contributed by atoms with Crippen LogP contribution in [0.1, 0.15) is 23.2 Å². The highest BCUT2D eigenvalue weighted by Crippen LogP contribution is 2.28. The van der Waals surface area contributed by atoms with Crippen LogP contribution in [-0.4, -0.2) is 29.0 Å². The summed E-state index contributed by atoms with van der Waals surface area (Å²) in [5.74, 6) is 0.373. The van der Waals surface area contributed by atoms with Crippen molar-refractivity contribution in [2.24, 2.45) is 5.92 Å². The predicted molar refractivity (Wildman–Crippen MR) is 71.1 cm³/mol. The minimum absolute atomic E-state index is 0.0923. The van der Waals surface area contributed by atoms with Gasteiger partial charge in [0.25, 0.3) is 5.91 Å². The Morgan fingerprint density at radius 1 is 1.32 bits per heavy atom. The predicted octanol–water partition coefficient (Wildman–Crippen LogP) is 1.19. The molecule has 0 unspecified atom stereocenters. The third-order valence-electron chi connectivity index (χ3n) is 3.72. The number of amides is 1. The smallest absolute Gasteiger partial charge is 0.269 e. The van der Waals surface area contributed by atoms with Gasteiger partial charge in [-0.25, -0.2) is 0 Å². The van der Waals surface area contributed by atoms with Gasteiger partial charge < -0.3 is 15.4 Å². The van der Waals surface area contributed by atoms with Crippen LogP contribution in [0.25, 0.3) is 0 Å². The number of phenols is 1. The molecule has 1 aromatic carbocycles. The van der Waals surface area contributed by atoms with Crippen LogP contribution in [0.15, 0.2) is 36.2 Å². The van der Waals surface area contributed by atoms with Crippen molar-refractivity contribution in [3.8, 4) is 5.75 Å². The number of rotatable bonds is 3. The van der Waals surface area contributed by atoms with E-state index in [1.807, 2.05) is 0 Å². The molecule has 0 aromatic heterocycles. The summed E-state index contributed by atoms with van der Waals surface area (Å²) in [4.78, 5) is 14.2. The molecule has 0 atom stereocenters. The van der Waals surface area contributed by atoms with Gasteiger partial charge in [0.1, 0.15) is 5.75 Å². The number of benzene rings is 1. The summed E-state index contributed by atoms with van der Waals surface area (Å²) in [6, 6.07) is 6.31. The molecule has 2 bridgehead atoms. The molecule has 1 saturated heterocycles. The Morgan fingerprint density at radius 3 is 2.74 bits per heavy atom. The van der Waals surface area contributed by atoms with E-state index in [9.17, 15) is 9.90 Å². The van der Waals surface area contributed by atoms with Gasteiger partial charge in [-0.2, -0.15) is 0 Å². The number of phenolic OH excluding ortho intramolecular Hbond substituents is 1. The Bertz CT molecular complexity index is 519. The molecule has 1 aromatic rings. The van der Waals surface area contributed by atoms with Crippen molar-refractivity contribution in [3.63, 3.8) is 0 Å². The van der Waals surface area contributed by atoms with Gasteiger partial charge >= 0.3 is 0 Å². The van der Waals surface area contributed by atoms with Crippen LogP contribution in [0.3, 0.4) is 0 Å². The first-order chi connectivity index (χ1) is 9.22.